The van der Waals surface area contributed by atoms with Crippen molar-refractivity contribution in [2.75, 3.05) is 5.32 Å². The number of hydrogen-bond donors (Lipinski definition) is 3. The van der Waals surface area contributed by atoms with Crippen molar-refractivity contribution in [2.45, 2.75) is 6.04 Å². The van der Waals surface area contributed by atoms with Gasteiger partial charge in [0.25, 0.3) is 0 Å². The Morgan fingerprint density at radius 2 is 2.10 bits per heavy atom. The van der Waals surface area contributed by atoms with E-state index in [1.807, 2.05) is 5.38 Å². The van der Waals surface area contributed by atoms with Gasteiger partial charge in [0.15, 0.2) is 0 Å². The van der Waals surface area contributed by atoms with E-state index < -0.39 is 17.9 Å². The van der Waals surface area contributed by atoms with E-state index in [1.54, 1.807) is 18.2 Å². The fourth-order valence-corrected chi connectivity index (χ4v) is 2.70. The number of nitrogens with two attached hydrogens (primary N) is 1. The summed E-state index contributed by atoms with van der Waals surface area (Å²) in [5.41, 5.74) is 6.06. The number of halogens is 1. The lowest BCUT2D eigenvalue weighted by molar-refractivity contribution is -0.117. The first kappa shape index (κ1) is 14.7. The lowest BCUT2D eigenvalue weighted by atomic mass is 10.1. The van der Waals surface area contributed by atoms with Gasteiger partial charge in [0.2, 0.25) is 5.91 Å². The summed E-state index contributed by atoms with van der Waals surface area (Å²) in [5, 5.41) is 13.5. The van der Waals surface area contributed by atoms with Gasteiger partial charge in [-0.3, -0.25) is 4.79 Å². The Kier molecular flexibility index (Phi) is 4.53. The molecule has 104 valence electrons. The van der Waals surface area contributed by atoms with Crippen LogP contribution in [0.3, 0.4) is 0 Å². The van der Waals surface area contributed by atoms with Crippen molar-refractivity contribution in [1.82, 2.24) is 0 Å². The summed E-state index contributed by atoms with van der Waals surface area (Å²) < 4.78 is 0.669. The fourth-order valence-electron chi connectivity index (χ4n) is 1.61. The van der Waals surface area contributed by atoms with Crippen LogP contribution in [0, 0.1) is 0 Å². The summed E-state index contributed by atoms with van der Waals surface area (Å²) in [4.78, 5) is 23.9. The molecular weight excluding hydrogens is 344 g/mol. The van der Waals surface area contributed by atoms with Crippen LogP contribution >= 0.6 is 27.3 Å². The van der Waals surface area contributed by atoms with Gasteiger partial charge in [-0.25, -0.2) is 4.79 Å². The lowest BCUT2D eigenvalue weighted by Gasteiger charge is -2.13. The van der Waals surface area contributed by atoms with Crippen molar-refractivity contribution < 1.29 is 14.7 Å². The highest BCUT2D eigenvalue weighted by Gasteiger charge is 2.19. The molecule has 7 heteroatoms. The van der Waals surface area contributed by atoms with Crippen molar-refractivity contribution in [1.29, 1.82) is 0 Å². The second kappa shape index (κ2) is 6.17. The number of carbonyl (C=O) groups is 2. The summed E-state index contributed by atoms with van der Waals surface area (Å²) in [5.74, 6) is -1.56. The molecule has 0 aliphatic carbocycles. The van der Waals surface area contributed by atoms with E-state index in [2.05, 4.69) is 21.2 Å². The van der Waals surface area contributed by atoms with Crippen molar-refractivity contribution in [3.05, 3.63) is 50.6 Å². The van der Waals surface area contributed by atoms with E-state index in [4.69, 9.17) is 10.8 Å². The van der Waals surface area contributed by atoms with Crippen molar-refractivity contribution in [3.8, 4) is 0 Å². The van der Waals surface area contributed by atoms with Crippen LogP contribution in [-0.2, 0) is 4.79 Å². The molecule has 2 aromatic rings. The zero-order chi connectivity index (χ0) is 14.7. The molecule has 1 amide bonds. The normalized spacial score (nSPS) is 11.9. The SMILES string of the molecule is NC(C(=O)Nc1cc(Br)ccc1C(=O)O)c1cccs1. The first-order chi connectivity index (χ1) is 9.49. The van der Waals surface area contributed by atoms with Gasteiger partial charge in [-0.05, 0) is 29.6 Å². The molecular formula is C13H11BrN2O3S. The number of carbonyl (C=O) groups excluding carboxylic acids is 1. The smallest absolute Gasteiger partial charge is 0.337 e. The van der Waals surface area contributed by atoms with E-state index in [0.717, 1.165) is 4.88 Å². The maximum absolute atomic E-state index is 12.1. The molecule has 0 aliphatic heterocycles. The Hall–Kier alpha value is -1.70. The van der Waals surface area contributed by atoms with Gasteiger partial charge >= 0.3 is 5.97 Å². The summed E-state index contributed by atoms with van der Waals surface area (Å²) in [6, 6.07) is 7.28. The van der Waals surface area contributed by atoms with Crippen LogP contribution in [0.15, 0.2) is 40.2 Å². The monoisotopic (exact) mass is 354 g/mol. The third kappa shape index (κ3) is 3.24. The molecule has 1 heterocycles. The van der Waals surface area contributed by atoms with Crippen molar-refractivity contribution in [2.24, 2.45) is 5.73 Å². The average Bonchev–Trinajstić information content (AvgIpc) is 2.91. The minimum absolute atomic E-state index is 0.0138. The minimum Gasteiger partial charge on any atom is -0.478 e. The molecule has 0 saturated heterocycles. The van der Waals surface area contributed by atoms with Gasteiger partial charge < -0.3 is 16.2 Å². The molecule has 5 nitrogen and oxygen atoms in total. The zero-order valence-electron chi connectivity index (χ0n) is 10.2. The summed E-state index contributed by atoms with van der Waals surface area (Å²) in [7, 11) is 0. The number of thiophene rings is 1. The number of hydrogen-bond acceptors (Lipinski definition) is 4. The zero-order valence-corrected chi connectivity index (χ0v) is 12.6. The highest BCUT2D eigenvalue weighted by atomic mass is 79.9. The lowest BCUT2D eigenvalue weighted by Crippen LogP contribution is -2.27. The number of anilines is 1. The quantitative estimate of drug-likeness (QED) is 0.786. The Labute approximate surface area is 127 Å². The predicted octanol–water partition coefficient (Wildman–Crippen LogP) is 2.85. The van der Waals surface area contributed by atoms with E-state index in [0.29, 0.717) is 4.47 Å². The Morgan fingerprint density at radius 1 is 1.35 bits per heavy atom. The molecule has 1 aromatic heterocycles. The number of carboxylic acids is 1. The molecule has 0 aliphatic rings. The van der Waals surface area contributed by atoms with Crippen molar-refractivity contribution in [3.63, 3.8) is 0 Å². The van der Waals surface area contributed by atoms with Crippen LogP contribution in [0.5, 0.6) is 0 Å². The van der Waals surface area contributed by atoms with Gasteiger partial charge in [-0.1, -0.05) is 22.0 Å². The summed E-state index contributed by atoms with van der Waals surface area (Å²) >= 11 is 4.61. The molecule has 2 rings (SSSR count). The van der Waals surface area contributed by atoms with Crippen LogP contribution < -0.4 is 11.1 Å². The molecule has 0 bridgehead atoms. The number of benzene rings is 1. The third-order valence-electron chi connectivity index (χ3n) is 2.60. The van der Waals surface area contributed by atoms with Crippen LogP contribution in [0.2, 0.25) is 0 Å². The molecule has 0 spiro atoms. The summed E-state index contributed by atoms with van der Waals surface area (Å²) in [6.45, 7) is 0. The van der Waals surface area contributed by atoms with E-state index in [-0.39, 0.29) is 11.3 Å². The largest absolute Gasteiger partial charge is 0.478 e. The molecule has 4 N–H and O–H groups in total. The maximum Gasteiger partial charge on any atom is 0.337 e. The third-order valence-corrected chi connectivity index (χ3v) is 4.05. The van der Waals surface area contributed by atoms with Crippen LogP contribution in [0.4, 0.5) is 5.69 Å². The Morgan fingerprint density at radius 3 is 2.70 bits per heavy atom. The number of amides is 1. The van der Waals surface area contributed by atoms with Crippen LogP contribution in [-0.4, -0.2) is 17.0 Å². The minimum atomic E-state index is -1.11. The Bertz CT molecular complexity index is 643. The highest BCUT2D eigenvalue weighted by Crippen LogP contribution is 2.24. The van der Waals surface area contributed by atoms with Crippen LogP contribution in [0.1, 0.15) is 21.3 Å². The van der Waals surface area contributed by atoms with Crippen LogP contribution in [0.25, 0.3) is 0 Å². The first-order valence-corrected chi connectivity index (χ1v) is 7.29. The molecule has 1 unspecified atom stereocenters. The van der Waals surface area contributed by atoms with E-state index >= 15 is 0 Å². The second-order valence-corrected chi connectivity index (χ2v) is 5.87. The number of aromatic carboxylic acids is 1. The second-order valence-electron chi connectivity index (χ2n) is 3.98. The molecule has 20 heavy (non-hydrogen) atoms. The van der Waals surface area contributed by atoms with E-state index in [1.165, 1.54) is 23.5 Å². The average molecular weight is 355 g/mol. The van der Waals surface area contributed by atoms with Gasteiger partial charge in [-0.2, -0.15) is 0 Å². The highest BCUT2D eigenvalue weighted by molar-refractivity contribution is 9.10. The fraction of sp³-hybridized carbons (Fsp3) is 0.0769. The maximum atomic E-state index is 12.1. The molecule has 1 aromatic carbocycles. The first-order valence-electron chi connectivity index (χ1n) is 5.61. The van der Waals surface area contributed by atoms with Crippen molar-refractivity contribution >= 4 is 44.8 Å². The molecule has 0 saturated carbocycles. The van der Waals surface area contributed by atoms with Gasteiger partial charge in [-0.15, -0.1) is 11.3 Å². The predicted molar refractivity (Wildman–Crippen MR) is 81.0 cm³/mol. The van der Waals surface area contributed by atoms with Gasteiger partial charge in [0, 0.05) is 9.35 Å². The number of nitrogens with one attached hydrogen (secondary N) is 1. The molecule has 0 radical (unpaired) electrons. The standard InChI is InChI=1S/C13H11BrN2O3S/c14-7-3-4-8(13(18)19)9(6-7)16-12(17)11(15)10-2-1-5-20-10/h1-6,11H,15H2,(H,16,17)(H,18,19). The summed E-state index contributed by atoms with van der Waals surface area (Å²) in [6.07, 6.45) is 0. The topological polar surface area (TPSA) is 92.4 Å². The van der Waals surface area contributed by atoms with Gasteiger partial charge in [0.1, 0.15) is 6.04 Å². The number of rotatable bonds is 4. The Balaban J connectivity index is 2.23. The number of carboxylic acid groups (broad SMARTS) is 1. The van der Waals surface area contributed by atoms with E-state index in [9.17, 15) is 9.59 Å². The van der Waals surface area contributed by atoms with Gasteiger partial charge in [0.05, 0.1) is 11.3 Å². The molecule has 0 fully saturated rings. The molecule has 1 atom stereocenters.